The number of aromatic nitrogens is 2. The van der Waals surface area contributed by atoms with Gasteiger partial charge in [-0.1, -0.05) is 35.3 Å². The van der Waals surface area contributed by atoms with E-state index in [0.717, 1.165) is 41.8 Å². The number of hydrogen-bond acceptors (Lipinski definition) is 7. The van der Waals surface area contributed by atoms with E-state index in [1.54, 1.807) is 12.1 Å². The van der Waals surface area contributed by atoms with E-state index in [4.69, 9.17) is 27.9 Å². The lowest BCUT2D eigenvalue weighted by molar-refractivity contribution is -0.143. The predicted octanol–water partition coefficient (Wildman–Crippen LogP) is 6.52. The highest BCUT2D eigenvalue weighted by atomic mass is 35.5. The lowest BCUT2D eigenvalue weighted by Crippen LogP contribution is -2.35. The van der Waals surface area contributed by atoms with E-state index in [0.29, 0.717) is 51.1 Å². The fourth-order valence-corrected chi connectivity index (χ4v) is 5.28. The number of benzene rings is 2. The van der Waals surface area contributed by atoms with Gasteiger partial charge in [0.15, 0.2) is 0 Å². The number of likely N-dealkylation sites (tertiary alicyclic amines) is 1. The zero-order chi connectivity index (χ0) is 27.5. The van der Waals surface area contributed by atoms with Gasteiger partial charge in [-0.15, -0.1) is 0 Å². The maximum atomic E-state index is 11.2. The molecule has 198 valence electrons. The highest BCUT2D eigenvalue weighted by molar-refractivity contribution is 6.37. The first kappa shape index (κ1) is 26.7. The molecular formula is C29H25Cl2N5O3. The summed E-state index contributed by atoms with van der Waals surface area (Å²) in [7, 11) is 1.52. The summed E-state index contributed by atoms with van der Waals surface area (Å²) < 4.78 is 5.31. The highest BCUT2D eigenvalue weighted by Gasteiger charge is 2.24. The van der Waals surface area contributed by atoms with Gasteiger partial charge < -0.3 is 15.2 Å². The number of carboxylic acids is 1. The van der Waals surface area contributed by atoms with Crippen LogP contribution in [0.3, 0.4) is 0 Å². The van der Waals surface area contributed by atoms with Crippen LogP contribution in [0.15, 0.2) is 54.9 Å². The SMILES string of the molecule is COc1cc(Nc2c(C#N)cnc3cc(-c4ccc(CN5CCC(C(=O)O)CC5)cn4)ccc23)c(Cl)cc1Cl. The van der Waals surface area contributed by atoms with E-state index in [9.17, 15) is 15.2 Å². The summed E-state index contributed by atoms with van der Waals surface area (Å²) in [6, 6.07) is 15.3. The van der Waals surface area contributed by atoms with E-state index in [1.807, 2.05) is 36.5 Å². The van der Waals surface area contributed by atoms with Crippen LogP contribution in [0.5, 0.6) is 5.75 Å². The van der Waals surface area contributed by atoms with Crippen LogP contribution in [0.1, 0.15) is 24.0 Å². The number of piperidine rings is 1. The number of halogens is 2. The number of rotatable bonds is 7. The fourth-order valence-electron chi connectivity index (χ4n) is 4.77. The van der Waals surface area contributed by atoms with Crippen molar-refractivity contribution in [2.75, 3.05) is 25.5 Å². The summed E-state index contributed by atoms with van der Waals surface area (Å²) in [6.45, 7) is 2.27. The number of nitriles is 1. The first-order chi connectivity index (χ1) is 18.9. The van der Waals surface area contributed by atoms with Crippen molar-refractivity contribution >= 4 is 51.4 Å². The number of nitrogens with zero attached hydrogens (tertiary/aromatic N) is 4. The summed E-state index contributed by atoms with van der Waals surface area (Å²) in [4.78, 5) is 22.6. The molecule has 4 aromatic rings. The van der Waals surface area contributed by atoms with Gasteiger partial charge in [0.2, 0.25) is 0 Å². The zero-order valence-electron chi connectivity index (χ0n) is 21.1. The number of methoxy groups -OCH3 is 1. The van der Waals surface area contributed by atoms with E-state index in [-0.39, 0.29) is 5.92 Å². The number of carbonyl (C=O) groups is 1. The van der Waals surface area contributed by atoms with Crippen molar-refractivity contribution in [1.82, 2.24) is 14.9 Å². The van der Waals surface area contributed by atoms with Gasteiger partial charge in [-0.2, -0.15) is 5.26 Å². The molecule has 1 saturated heterocycles. The van der Waals surface area contributed by atoms with E-state index in [2.05, 4.69) is 26.3 Å². The molecule has 0 aliphatic carbocycles. The van der Waals surface area contributed by atoms with Crippen molar-refractivity contribution in [2.45, 2.75) is 19.4 Å². The lowest BCUT2D eigenvalue weighted by Gasteiger charge is -2.29. The van der Waals surface area contributed by atoms with Crippen LogP contribution in [-0.4, -0.2) is 46.1 Å². The third kappa shape index (κ3) is 5.76. The van der Waals surface area contributed by atoms with Gasteiger partial charge in [0.1, 0.15) is 11.8 Å². The van der Waals surface area contributed by atoms with Crippen LogP contribution in [-0.2, 0) is 11.3 Å². The molecule has 0 saturated carbocycles. The molecule has 2 aromatic heterocycles. The molecule has 1 aliphatic heterocycles. The van der Waals surface area contributed by atoms with E-state index < -0.39 is 5.97 Å². The van der Waals surface area contributed by atoms with Gasteiger partial charge in [0.05, 0.1) is 51.2 Å². The molecular weight excluding hydrogens is 537 g/mol. The predicted molar refractivity (Wildman–Crippen MR) is 152 cm³/mol. The monoisotopic (exact) mass is 561 g/mol. The Kier molecular flexibility index (Phi) is 7.84. The number of anilines is 2. The average molecular weight is 562 g/mol. The zero-order valence-corrected chi connectivity index (χ0v) is 22.6. The van der Waals surface area contributed by atoms with Crippen LogP contribution >= 0.6 is 23.2 Å². The minimum atomic E-state index is -0.702. The molecule has 2 N–H and O–H groups in total. The van der Waals surface area contributed by atoms with Gasteiger partial charge in [0, 0.05) is 36.0 Å². The van der Waals surface area contributed by atoms with E-state index >= 15 is 0 Å². The summed E-state index contributed by atoms with van der Waals surface area (Å²) in [5, 5.41) is 23.7. The molecule has 1 aliphatic rings. The molecule has 39 heavy (non-hydrogen) atoms. The van der Waals surface area contributed by atoms with Gasteiger partial charge in [-0.05, 0) is 55.8 Å². The van der Waals surface area contributed by atoms with Crippen molar-refractivity contribution in [1.29, 1.82) is 5.26 Å². The molecule has 0 radical (unpaired) electrons. The third-order valence-electron chi connectivity index (χ3n) is 6.95. The quantitative estimate of drug-likeness (QED) is 0.262. The summed E-state index contributed by atoms with van der Waals surface area (Å²) in [5.74, 6) is -0.484. The van der Waals surface area contributed by atoms with Crippen LogP contribution in [0.2, 0.25) is 10.0 Å². The number of fused-ring (bicyclic) bond motifs is 1. The Hall–Kier alpha value is -3.90. The second-order valence-corrected chi connectivity index (χ2v) is 10.2. The Labute approximate surface area is 235 Å². The second kappa shape index (κ2) is 11.5. The molecule has 0 amide bonds. The Bertz CT molecular complexity index is 1580. The molecule has 1 fully saturated rings. The van der Waals surface area contributed by atoms with Crippen LogP contribution < -0.4 is 10.1 Å². The first-order valence-electron chi connectivity index (χ1n) is 12.4. The molecule has 8 nitrogen and oxygen atoms in total. The van der Waals surface area contributed by atoms with Crippen molar-refractivity contribution in [3.63, 3.8) is 0 Å². The van der Waals surface area contributed by atoms with Gasteiger partial charge in [0.25, 0.3) is 0 Å². The number of aliphatic carboxylic acids is 1. The van der Waals surface area contributed by atoms with Gasteiger partial charge in [-0.3, -0.25) is 19.7 Å². The number of carboxylic acid groups (broad SMARTS) is 1. The van der Waals surface area contributed by atoms with Crippen molar-refractivity contribution in [3.05, 3.63) is 76.0 Å². The van der Waals surface area contributed by atoms with Gasteiger partial charge in [-0.25, -0.2) is 0 Å². The Morgan fingerprint density at radius 3 is 2.59 bits per heavy atom. The van der Waals surface area contributed by atoms with E-state index in [1.165, 1.54) is 13.3 Å². The third-order valence-corrected chi connectivity index (χ3v) is 7.56. The highest BCUT2D eigenvalue weighted by Crippen LogP contribution is 2.38. The number of nitrogens with one attached hydrogen (secondary N) is 1. The minimum absolute atomic E-state index is 0.241. The van der Waals surface area contributed by atoms with Crippen LogP contribution in [0.4, 0.5) is 11.4 Å². The van der Waals surface area contributed by atoms with Crippen molar-refractivity contribution < 1.29 is 14.6 Å². The maximum Gasteiger partial charge on any atom is 0.306 e. The second-order valence-electron chi connectivity index (χ2n) is 9.42. The number of pyridine rings is 2. The Morgan fingerprint density at radius 1 is 1.13 bits per heavy atom. The van der Waals surface area contributed by atoms with Crippen molar-refractivity contribution in [2.24, 2.45) is 5.92 Å². The summed E-state index contributed by atoms with van der Waals surface area (Å²) >= 11 is 12.6. The topological polar surface area (TPSA) is 111 Å². The largest absolute Gasteiger partial charge is 0.495 e. The molecule has 0 spiro atoms. The average Bonchev–Trinajstić information content (AvgIpc) is 2.95. The minimum Gasteiger partial charge on any atom is -0.495 e. The molecule has 2 aromatic carbocycles. The maximum absolute atomic E-state index is 11.2. The number of ether oxygens (including phenoxy) is 1. The molecule has 0 unspecified atom stereocenters. The molecule has 0 bridgehead atoms. The normalized spacial score (nSPS) is 14.2. The van der Waals surface area contributed by atoms with Crippen LogP contribution in [0.25, 0.3) is 22.2 Å². The fraction of sp³-hybridized carbons (Fsp3) is 0.241. The Balaban J connectivity index is 1.38. The van der Waals surface area contributed by atoms with Crippen molar-refractivity contribution in [3.8, 4) is 23.1 Å². The standard InChI is InChI=1S/C29H25Cl2N5O3/c1-39-27-12-26(22(30)11-23(27)31)35-28-20(13-32)15-34-25-10-19(3-4-21(25)28)24-5-2-17(14-33-24)16-36-8-6-18(7-9-36)29(37)38/h2-5,10-12,14-15,18H,6-9,16H2,1H3,(H,34,35)(H,37,38). The van der Waals surface area contributed by atoms with Crippen LogP contribution in [0, 0.1) is 17.2 Å². The Morgan fingerprint density at radius 2 is 1.92 bits per heavy atom. The molecule has 5 rings (SSSR count). The smallest absolute Gasteiger partial charge is 0.306 e. The molecule has 10 heteroatoms. The lowest BCUT2D eigenvalue weighted by atomic mass is 9.97. The first-order valence-corrected chi connectivity index (χ1v) is 13.1. The summed E-state index contributed by atoms with van der Waals surface area (Å²) in [6.07, 6.45) is 4.73. The van der Waals surface area contributed by atoms with Gasteiger partial charge >= 0.3 is 5.97 Å². The summed E-state index contributed by atoms with van der Waals surface area (Å²) in [5.41, 5.74) is 4.97. The number of hydrogen-bond donors (Lipinski definition) is 2. The molecule has 3 heterocycles. The molecule has 0 atom stereocenters.